The topological polar surface area (TPSA) is 69.6 Å². The Hall–Kier alpha value is -0.830. The number of benzene rings is 1. The predicted octanol–water partition coefficient (Wildman–Crippen LogP) is 1.09. The summed E-state index contributed by atoms with van der Waals surface area (Å²) in [5.74, 6) is 0.186. The maximum Gasteiger partial charge on any atom is 0.317 e. The molecule has 0 saturated carbocycles. The van der Waals surface area contributed by atoms with Crippen molar-refractivity contribution in [1.29, 1.82) is 0 Å². The zero-order chi connectivity index (χ0) is 9.90. The van der Waals surface area contributed by atoms with E-state index in [4.69, 9.17) is 4.89 Å². The van der Waals surface area contributed by atoms with Crippen LogP contribution in [-0.2, 0) is 11.0 Å². The van der Waals surface area contributed by atoms with Gasteiger partial charge in [-0.3, -0.25) is 4.57 Å². The zero-order valence-corrected chi connectivity index (χ0v) is 8.03. The maximum absolute atomic E-state index is 10.4. The first-order valence-electron chi connectivity index (χ1n) is 3.84. The molecule has 1 rings (SSSR count). The van der Waals surface area contributed by atoms with E-state index in [0.29, 0.717) is 6.42 Å². The van der Waals surface area contributed by atoms with Crippen molar-refractivity contribution in [3.63, 3.8) is 0 Å². The second-order valence-electron chi connectivity index (χ2n) is 2.52. The van der Waals surface area contributed by atoms with Crippen LogP contribution in [0.4, 0.5) is 0 Å². The lowest BCUT2D eigenvalue weighted by atomic mass is 10.1. The standard InChI is InChI=1S/C8H11O4P/c1-2-7-5-3-4-6-8(7)12-13(9,10)11/h3-6H,2H2,1H3,(H2,9,10,11)/p-1. The van der Waals surface area contributed by atoms with Crippen LogP contribution in [0.1, 0.15) is 12.5 Å². The minimum atomic E-state index is -4.68. The number of para-hydroxylation sites is 1. The summed E-state index contributed by atoms with van der Waals surface area (Å²) in [6.07, 6.45) is 0.649. The van der Waals surface area contributed by atoms with Gasteiger partial charge < -0.3 is 14.3 Å². The third kappa shape index (κ3) is 3.19. The highest BCUT2D eigenvalue weighted by atomic mass is 31.2. The first-order valence-corrected chi connectivity index (χ1v) is 5.34. The fraction of sp³-hybridized carbons (Fsp3) is 0.250. The first kappa shape index (κ1) is 10.3. The molecule has 1 aromatic rings. The zero-order valence-electron chi connectivity index (χ0n) is 7.14. The summed E-state index contributed by atoms with van der Waals surface area (Å²) in [7, 11) is -4.68. The monoisotopic (exact) mass is 201 g/mol. The Labute approximate surface area is 76.4 Å². The molecule has 0 aliphatic carbocycles. The van der Waals surface area contributed by atoms with Gasteiger partial charge in [-0.1, -0.05) is 25.1 Å². The van der Waals surface area contributed by atoms with Crippen LogP contribution in [0.5, 0.6) is 5.75 Å². The van der Waals surface area contributed by atoms with Gasteiger partial charge in [0.25, 0.3) is 0 Å². The van der Waals surface area contributed by atoms with Crippen molar-refractivity contribution in [2.75, 3.05) is 0 Å². The molecule has 0 aliphatic rings. The normalized spacial score (nSPS) is 15.0. The van der Waals surface area contributed by atoms with E-state index in [0.717, 1.165) is 5.56 Å². The third-order valence-corrected chi connectivity index (χ3v) is 1.99. The molecular weight excluding hydrogens is 191 g/mol. The summed E-state index contributed by atoms with van der Waals surface area (Å²) in [4.78, 5) is 18.9. The molecule has 0 spiro atoms. The van der Waals surface area contributed by atoms with Crippen LogP contribution in [0.25, 0.3) is 0 Å². The van der Waals surface area contributed by atoms with Crippen LogP contribution in [0, 0.1) is 0 Å². The average molecular weight is 201 g/mol. The van der Waals surface area contributed by atoms with E-state index >= 15 is 0 Å². The molecule has 1 unspecified atom stereocenters. The van der Waals surface area contributed by atoms with Gasteiger partial charge in [0.15, 0.2) is 0 Å². The van der Waals surface area contributed by atoms with Gasteiger partial charge in [-0.05, 0) is 18.1 Å². The van der Waals surface area contributed by atoms with Gasteiger partial charge in [0.1, 0.15) is 5.75 Å². The van der Waals surface area contributed by atoms with Crippen molar-refractivity contribution in [2.45, 2.75) is 13.3 Å². The lowest BCUT2D eigenvalue weighted by Crippen LogP contribution is -2.06. The molecule has 0 heterocycles. The SMILES string of the molecule is CCc1ccccc1OP(=O)([O-])O. The summed E-state index contributed by atoms with van der Waals surface area (Å²) in [5.41, 5.74) is 0.743. The second-order valence-corrected chi connectivity index (χ2v) is 3.64. The number of phosphoric ester groups is 1. The van der Waals surface area contributed by atoms with Gasteiger partial charge in [-0.15, -0.1) is 0 Å². The molecule has 0 bridgehead atoms. The van der Waals surface area contributed by atoms with Crippen molar-refractivity contribution in [2.24, 2.45) is 0 Å². The summed E-state index contributed by atoms with van der Waals surface area (Å²) in [6, 6.07) is 6.66. The van der Waals surface area contributed by atoms with Crippen molar-refractivity contribution in [3.8, 4) is 5.75 Å². The van der Waals surface area contributed by atoms with E-state index in [1.807, 2.05) is 6.92 Å². The highest BCUT2D eigenvalue weighted by molar-refractivity contribution is 7.45. The van der Waals surface area contributed by atoms with Gasteiger partial charge in [0, 0.05) is 0 Å². The quantitative estimate of drug-likeness (QED) is 0.743. The fourth-order valence-electron chi connectivity index (χ4n) is 1.01. The molecule has 5 heteroatoms. The smallest absolute Gasteiger partial charge is 0.317 e. The van der Waals surface area contributed by atoms with Gasteiger partial charge in [0.05, 0.1) is 0 Å². The van der Waals surface area contributed by atoms with Crippen molar-refractivity contribution in [3.05, 3.63) is 29.8 Å². The number of hydrogen-bond donors (Lipinski definition) is 1. The summed E-state index contributed by atoms with van der Waals surface area (Å²) in [5, 5.41) is 0. The average Bonchev–Trinajstić information content (AvgIpc) is 2.02. The van der Waals surface area contributed by atoms with Crippen LogP contribution in [0.2, 0.25) is 0 Å². The summed E-state index contributed by atoms with van der Waals surface area (Å²) >= 11 is 0. The number of hydrogen-bond acceptors (Lipinski definition) is 3. The highest BCUT2D eigenvalue weighted by Crippen LogP contribution is 2.35. The second kappa shape index (κ2) is 3.92. The van der Waals surface area contributed by atoms with E-state index < -0.39 is 7.82 Å². The van der Waals surface area contributed by atoms with Gasteiger partial charge >= 0.3 is 7.82 Å². The molecule has 72 valence electrons. The molecule has 0 saturated heterocycles. The maximum atomic E-state index is 10.4. The third-order valence-electron chi connectivity index (χ3n) is 1.57. The Bertz CT molecular complexity index is 331. The Morgan fingerprint density at radius 2 is 2.15 bits per heavy atom. The highest BCUT2D eigenvalue weighted by Gasteiger charge is 2.07. The molecule has 1 aromatic carbocycles. The Morgan fingerprint density at radius 3 is 2.69 bits per heavy atom. The van der Waals surface area contributed by atoms with E-state index in [2.05, 4.69) is 4.52 Å². The lowest BCUT2D eigenvalue weighted by Gasteiger charge is -2.18. The molecule has 0 aromatic heterocycles. The minimum Gasteiger partial charge on any atom is -0.746 e. The number of rotatable bonds is 3. The van der Waals surface area contributed by atoms with Gasteiger partial charge in [-0.25, -0.2) is 0 Å². The Balaban J connectivity index is 2.94. The number of phosphoric acid groups is 1. The van der Waals surface area contributed by atoms with Crippen LogP contribution in [-0.4, -0.2) is 4.89 Å². The van der Waals surface area contributed by atoms with Gasteiger partial charge in [-0.2, -0.15) is 0 Å². The Morgan fingerprint density at radius 1 is 1.54 bits per heavy atom. The lowest BCUT2D eigenvalue weighted by molar-refractivity contribution is -0.211. The van der Waals surface area contributed by atoms with Crippen LogP contribution in [0.3, 0.4) is 0 Å². The van der Waals surface area contributed by atoms with E-state index in [-0.39, 0.29) is 5.75 Å². The summed E-state index contributed by atoms with van der Waals surface area (Å²) < 4.78 is 14.8. The molecule has 1 atom stereocenters. The molecule has 0 amide bonds. The predicted molar refractivity (Wildman–Crippen MR) is 46.3 cm³/mol. The molecule has 0 aliphatic heterocycles. The number of aryl methyl sites for hydroxylation is 1. The molecule has 13 heavy (non-hydrogen) atoms. The largest absolute Gasteiger partial charge is 0.746 e. The van der Waals surface area contributed by atoms with Crippen LogP contribution in [0.15, 0.2) is 24.3 Å². The minimum absolute atomic E-state index is 0.186. The molecule has 4 nitrogen and oxygen atoms in total. The van der Waals surface area contributed by atoms with Crippen molar-refractivity contribution >= 4 is 7.82 Å². The summed E-state index contributed by atoms with van der Waals surface area (Å²) in [6.45, 7) is 1.87. The van der Waals surface area contributed by atoms with Crippen molar-refractivity contribution < 1.29 is 18.9 Å². The molecule has 1 N–H and O–H groups in total. The van der Waals surface area contributed by atoms with E-state index in [1.165, 1.54) is 6.07 Å². The molecule has 0 fully saturated rings. The van der Waals surface area contributed by atoms with E-state index in [9.17, 15) is 9.46 Å². The van der Waals surface area contributed by atoms with E-state index in [1.54, 1.807) is 18.2 Å². The molecule has 0 radical (unpaired) electrons. The van der Waals surface area contributed by atoms with Crippen LogP contribution >= 0.6 is 7.82 Å². The van der Waals surface area contributed by atoms with Crippen LogP contribution < -0.4 is 9.42 Å². The van der Waals surface area contributed by atoms with Gasteiger partial charge in [0.2, 0.25) is 0 Å². The van der Waals surface area contributed by atoms with Crippen molar-refractivity contribution in [1.82, 2.24) is 0 Å². The molecular formula is C8H10O4P-. The first-order chi connectivity index (χ1) is 6.03. The fourth-order valence-corrected chi connectivity index (χ4v) is 1.44. The Kier molecular flexibility index (Phi) is 3.09.